The van der Waals surface area contributed by atoms with Gasteiger partial charge >= 0.3 is 37.7 Å². The third-order valence-corrected chi connectivity index (χ3v) is 1.96. The van der Waals surface area contributed by atoms with Crippen molar-refractivity contribution < 1.29 is 40.6 Å². The number of hydrogen-bond acceptors (Lipinski definition) is 0. The average Bonchev–Trinajstić information content (AvgIpc) is 1.97. The third kappa shape index (κ3) is 17.3. The fraction of sp³-hybridized carbons (Fsp3) is 1.00. The van der Waals surface area contributed by atoms with Crippen LogP contribution in [0.2, 0.25) is 0 Å². The maximum atomic E-state index is 2.27. The van der Waals surface area contributed by atoms with E-state index in [0.29, 0.717) is 0 Å². The molecule has 0 bridgehead atoms. The van der Waals surface area contributed by atoms with E-state index in [4.69, 9.17) is 0 Å². The van der Waals surface area contributed by atoms with Crippen LogP contribution in [0.1, 0.15) is 68.1 Å². The maximum Gasteiger partial charge on any atom is 1.00 e. The van der Waals surface area contributed by atoms with E-state index in [1.54, 1.807) is 0 Å². The molecule has 2 heteroatoms. The molecule has 0 spiro atoms. The molecule has 0 unspecified atom stereocenters. The zero-order valence-corrected chi connectivity index (χ0v) is 9.66. The first-order valence-corrected chi connectivity index (χ1v) is 4.91. The first-order valence-electron chi connectivity index (χ1n) is 4.91. The molecule has 0 saturated heterocycles. The molecule has 0 fully saturated rings. The Bertz CT molecular complexity index is 56.1. The van der Waals surface area contributed by atoms with Crippen molar-refractivity contribution in [1.82, 2.24) is 0 Å². The Labute approximate surface area is 106 Å². The largest absolute Gasteiger partial charge is 1.00 e. The second-order valence-corrected chi connectivity index (χ2v) is 3.12. The van der Waals surface area contributed by atoms with Crippen LogP contribution in [0.15, 0.2) is 0 Å². The van der Waals surface area contributed by atoms with Crippen LogP contribution in [0.25, 0.3) is 0 Å². The van der Waals surface area contributed by atoms with Gasteiger partial charge in [0, 0.05) is 0 Å². The van der Waals surface area contributed by atoms with E-state index in [1.165, 1.54) is 51.4 Å². The molecule has 0 nitrogen and oxygen atoms in total. The van der Waals surface area contributed by atoms with Gasteiger partial charge in [-0.3, -0.25) is 0 Å². The smallest absolute Gasteiger partial charge is 1.00 e. The summed E-state index contributed by atoms with van der Waals surface area (Å²) in [5.41, 5.74) is 0. The summed E-state index contributed by atoms with van der Waals surface area (Å²) in [5, 5.41) is 0. The molecule has 0 atom stereocenters. The van der Waals surface area contributed by atoms with Crippen molar-refractivity contribution in [3.8, 4) is 0 Å². The molecule has 0 saturated carbocycles. The fourth-order valence-corrected chi connectivity index (χ4v) is 1.21. The molecule has 12 heavy (non-hydrogen) atoms. The van der Waals surface area contributed by atoms with Crippen LogP contribution in [0.4, 0.5) is 0 Å². The van der Waals surface area contributed by atoms with Gasteiger partial charge in [-0.1, -0.05) is 65.2 Å². The van der Waals surface area contributed by atoms with Crippen molar-refractivity contribution in [2.45, 2.75) is 65.2 Å². The van der Waals surface area contributed by atoms with Gasteiger partial charge in [-0.2, -0.15) is 0 Å². The van der Waals surface area contributed by atoms with Crippen molar-refractivity contribution in [3.05, 3.63) is 0 Å². The third-order valence-electron chi connectivity index (χ3n) is 1.96. The molecular weight excluding hydrogens is 134 g/mol. The Kier molecular flexibility index (Phi) is 28.4. The molecule has 0 radical (unpaired) electrons. The van der Waals surface area contributed by atoms with Crippen LogP contribution in [-0.2, 0) is 0 Å². The predicted octanol–water partition coefficient (Wildman–Crippen LogP) is -1.62. The van der Waals surface area contributed by atoms with E-state index < -0.39 is 0 Å². The Hall–Kier alpha value is 1.19. The van der Waals surface area contributed by atoms with Crippen LogP contribution in [0.3, 0.4) is 0 Å². The molecule has 0 aromatic heterocycles. The minimum absolute atomic E-state index is 0. The number of unbranched alkanes of at least 4 members (excludes halogenated alkanes) is 7. The van der Waals surface area contributed by atoms with E-state index >= 15 is 0 Å². The molecule has 0 aliphatic rings. The summed E-state index contributed by atoms with van der Waals surface area (Å²) in [6, 6.07) is 0. The van der Waals surface area contributed by atoms with Crippen LogP contribution in [0.5, 0.6) is 0 Å². The Morgan fingerprint density at radius 3 is 1.08 bits per heavy atom. The van der Waals surface area contributed by atoms with Gasteiger partial charge in [-0.25, -0.2) is 0 Å². The molecule has 0 aliphatic heterocycles. The topological polar surface area (TPSA) is 0 Å². The summed E-state index contributed by atoms with van der Waals surface area (Å²) in [6.45, 7) is 4.54. The summed E-state index contributed by atoms with van der Waals surface area (Å²) in [5.74, 6) is 0. The maximum absolute atomic E-state index is 2.27. The molecule has 0 aromatic carbocycles. The van der Waals surface area contributed by atoms with Crippen molar-refractivity contribution in [3.63, 3.8) is 0 Å². The molecule has 0 amide bonds. The van der Waals surface area contributed by atoms with Gasteiger partial charge in [0.2, 0.25) is 0 Å². The number of rotatable bonds is 7. The quantitative estimate of drug-likeness (QED) is 0.308. The predicted molar refractivity (Wildman–Crippen MR) is 50.5 cm³/mol. The SMILES string of the molecule is CCCCCCCCCC.[H-].[H-].[Li+].[Li+]. The summed E-state index contributed by atoms with van der Waals surface area (Å²) in [6.07, 6.45) is 11.5. The minimum Gasteiger partial charge on any atom is -1.00 e. The Morgan fingerprint density at radius 2 is 0.833 bits per heavy atom. The van der Waals surface area contributed by atoms with Gasteiger partial charge in [0.15, 0.2) is 0 Å². The van der Waals surface area contributed by atoms with Gasteiger partial charge in [0.05, 0.1) is 0 Å². The van der Waals surface area contributed by atoms with Gasteiger partial charge in [0.1, 0.15) is 0 Å². The van der Waals surface area contributed by atoms with Gasteiger partial charge in [-0.05, 0) is 0 Å². The van der Waals surface area contributed by atoms with Crippen molar-refractivity contribution in [2.75, 3.05) is 0 Å². The molecule has 0 rings (SSSR count). The normalized spacial score (nSPS) is 8.50. The molecule has 0 N–H and O–H groups in total. The van der Waals surface area contributed by atoms with E-state index in [2.05, 4.69) is 13.8 Å². The average molecular weight is 158 g/mol. The summed E-state index contributed by atoms with van der Waals surface area (Å²) >= 11 is 0. The fourth-order valence-electron chi connectivity index (χ4n) is 1.21. The second-order valence-electron chi connectivity index (χ2n) is 3.12. The van der Waals surface area contributed by atoms with Gasteiger partial charge in [-0.15, -0.1) is 0 Å². The molecule has 0 aliphatic carbocycles. The van der Waals surface area contributed by atoms with Crippen molar-refractivity contribution >= 4 is 0 Å². The first kappa shape index (κ1) is 18.9. The monoisotopic (exact) mass is 158 g/mol. The van der Waals surface area contributed by atoms with E-state index in [-0.39, 0.29) is 40.6 Å². The number of hydrogen-bond donors (Lipinski definition) is 0. The van der Waals surface area contributed by atoms with Gasteiger partial charge < -0.3 is 2.85 Å². The van der Waals surface area contributed by atoms with Crippen LogP contribution < -0.4 is 37.7 Å². The molecule has 0 heterocycles. The minimum atomic E-state index is 0. The van der Waals surface area contributed by atoms with E-state index in [1.807, 2.05) is 0 Å². The van der Waals surface area contributed by atoms with Crippen LogP contribution in [-0.4, -0.2) is 0 Å². The van der Waals surface area contributed by atoms with E-state index in [9.17, 15) is 0 Å². The molecule has 66 valence electrons. The first-order chi connectivity index (χ1) is 4.91. The van der Waals surface area contributed by atoms with Crippen molar-refractivity contribution in [2.24, 2.45) is 0 Å². The molecule has 0 aromatic rings. The van der Waals surface area contributed by atoms with Crippen molar-refractivity contribution in [1.29, 1.82) is 0 Å². The van der Waals surface area contributed by atoms with Gasteiger partial charge in [0.25, 0.3) is 0 Å². The summed E-state index contributed by atoms with van der Waals surface area (Å²) < 4.78 is 0. The summed E-state index contributed by atoms with van der Waals surface area (Å²) in [4.78, 5) is 0. The molecular formula is C10H24Li2. The van der Waals surface area contributed by atoms with Crippen LogP contribution in [0, 0.1) is 0 Å². The zero-order valence-electron chi connectivity index (χ0n) is 11.7. The Balaban J connectivity index is -0.0000000675. The van der Waals surface area contributed by atoms with E-state index in [0.717, 1.165) is 0 Å². The zero-order chi connectivity index (χ0) is 7.66. The summed E-state index contributed by atoms with van der Waals surface area (Å²) in [7, 11) is 0. The second kappa shape index (κ2) is 18.1. The standard InChI is InChI=1S/C10H22.2Li.2H/c1-3-5-7-9-10-8-6-4-2;;;;/h3-10H2,1-2H3;;;;/q;2*+1;2*-1. The Morgan fingerprint density at radius 1 is 0.583 bits per heavy atom. The van der Waals surface area contributed by atoms with Crippen LogP contribution >= 0.6 is 0 Å².